The second-order valence-corrected chi connectivity index (χ2v) is 20.3. The maximum Gasteiger partial charge on any atom is 0.472 e. The number of likely N-dealkylation sites (N-methyl/N-ethyl adjacent to an activating group) is 1. The average molecular weight is 947 g/mol. The molecule has 9 nitrogen and oxygen atoms in total. The standard InChI is InChI=1S/C56H100NO8P/c1-6-8-10-12-14-16-18-20-22-24-26-27-28-29-31-33-35-37-39-41-43-45-47-49-56(59)65-54(53-64-66(60,61)63-51-50-57(3,4)5)52-62-55(58)48-46-44-42-40-38-36-34-32-30-25-23-21-19-17-15-13-11-9-7-2/h9,11,15,17,21,23,30,32,36,38,42,44,54H,6-8,10,12-14,16,18-20,22,24-29,31,33-35,37,39-41,43,45-53H2,1-5H3/p+1/b11-9+,17-15+,23-21+,32-30+,38-36+,44-42+/t54-/m1/s1. The first-order valence-corrected chi connectivity index (χ1v) is 28.2. The minimum atomic E-state index is -4.40. The highest BCUT2D eigenvalue weighted by Gasteiger charge is 2.27. The number of carbonyl (C=O) groups excluding carboxylic acids is 2. The molecule has 0 bridgehead atoms. The van der Waals surface area contributed by atoms with Crippen molar-refractivity contribution in [3.8, 4) is 0 Å². The second-order valence-electron chi connectivity index (χ2n) is 18.9. The van der Waals surface area contributed by atoms with Gasteiger partial charge in [0.2, 0.25) is 0 Å². The quantitative estimate of drug-likeness (QED) is 0.0211. The number of hydrogen-bond acceptors (Lipinski definition) is 7. The Morgan fingerprint density at radius 2 is 0.864 bits per heavy atom. The van der Waals surface area contributed by atoms with Gasteiger partial charge in [-0.3, -0.25) is 18.6 Å². The molecular formula is C56H101NO8P+. The van der Waals surface area contributed by atoms with E-state index in [9.17, 15) is 19.0 Å². The largest absolute Gasteiger partial charge is 0.472 e. The van der Waals surface area contributed by atoms with Crippen molar-refractivity contribution in [1.82, 2.24) is 0 Å². The molecule has 0 aliphatic carbocycles. The van der Waals surface area contributed by atoms with Crippen molar-refractivity contribution in [3.63, 3.8) is 0 Å². The van der Waals surface area contributed by atoms with E-state index in [0.29, 0.717) is 23.9 Å². The number of phosphoric ester groups is 1. The SMILES string of the molecule is CC/C=C/C/C=C/C/C=C/C/C=C/C/C=C/C/C=C/CCC(=O)OC[C@H](COP(=O)(O)OCC[N+](C)(C)C)OC(=O)CCCCCCCCCCCCCCCCCCCCCCCCC. The fourth-order valence-corrected chi connectivity index (χ4v) is 7.90. The van der Waals surface area contributed by atoms with Gasteiger partial charge in [0.1, 0.15) is 19.8 Å². The monoisotopic (exact) mass is 947 g/mol. The predicted molar refractivity (Wildman–Crippen MR) is 279 cm³/mol. The zero-order chi connectivity index (χ0) is 48.5. The van der Waals surface area contributed by atoms with Gasteiger partial charge < -0.3 is 18.9 Å². The van der Waals surface area contributed by atoms with Gasteiger partial charge in [-0.05, 0) is 51.4 Å². The minimum Gasteiger partial charge on any atom is -0.462 e. The highest BCUT2D eigenvalue weighted by atomic mass is 31.2. The van der Waals surface area contributed by atoms with Crippen molar-refractivity contribution < 1.29 is 42.1 Å². The van der Waals surface area contributed by atoms with Crippen LogP contribution in [-0.4, -0.2) is 74.9 Å². The van der Waals surface area contributed by atoms with E-state index in [0.717, 1.165) is 51.4 Å². The van der Waals surface area contributed by atoms with Gasteiger partial charge in [0.25, 0.3) is 0 Å². The topological polar surface area (TPSA) is 108 Å². The van der Waals surface area contributed by atoms with Crippen LogP contribution in [0, 0.1) is 0 Å². The zero-order valence-corrected chi connectivity index (χ0v) is 44.1. The molecule has 0 amide bonds. The fraction of sp³-hybridized carbons (Fsp3) is 0.750. The Morgan fingerprint density at radius 1 is 0.485 bits per heavy atom. The van der Waals surface area contributed by atoms with Crippen LogP contribution in [0.1, 0.15) is 219 Å². The molecule has 0 aromatic carbocycles. The number of hydrogen-bond donors (Lipinski definition) is 1. The Kier molecular flexibility index (Phi) is 45.7. The van der Waals surface area contributed by atoms with Crippen LogP contribution in [0.15, 0.2) is 72.9 Å². The number of rotatable bonds is 48. The number of unbranched alkanes of at least 4 members (excludes halogenated alkanes) is 22. The third kappa shape index (κ3) is 50.9. The van der Waals surface area contributed by atoms with Gasteiger partial charge in [-0.1, -0.05) is 228 Å². The molecule has 10 heteroatoms. The van der Waals surface area contributed by atoms with Crippen molar-refractivity contribution in [2.75, 3.05) is 47.5 Å². The number of quaternary nitrogens is 1. The fourth-order valence-electron chi connectivity index (χ4n) is 7.16. The molecule has 0 heterocycles. The molecule has 0 saturated carbocycles. The normalized spacial score (nSPS) is 14.0. The van der Waals surface area contributed by atoms with Gasteiger partial charge in [0, 0.05) is 12.8 Å². The molecule has 0 saturated heterocycles. The van der Waals surface area contributed by atoms with Crippen LogP contribution in [-0.2, 0) is 32.7 Å². The van der Waals surface area contributed by atoms with E-state index in [1.165, 1.54) is 128 Å². The lowest BCUT2D eigenvalue weighted by Gasteiger charge is -2.24. The van der Waals surface area contributed by atoms with E-state index in [1.54, 1.807) is 0 Å². The molecule has 0 spiro atoms. The molecule has 0 aliphatic heterocycles. The Hall–Kier alpha value is -2.55. The highest BCUT2D eigenvalue weighted by Crippen LogP contribution is 2.43. The summed E-state index contributed by atoms with van der Waals surface area (Å²) in [6.07, 6.45) is 61.2. The van der Waals surface area contributed by atoms with Crippen molar-refractivity contribution in [2.24, 2.45) is 0 Å². The summed E-state index contributed by atoms with van der Waals surface area (Å²) in [7, 11) is 1.44. The molecule has 0 aromatic rings. The summed E-state index contributed by atoms with van der Waals surface area (Å²) in [6.45, 7) is 4.25. The van der Waals surface area contributed by atoms with Crippen LogP contribution < -0.4 is 0 Å². The molecule has 0 fully saturated rings. The lowest BCUT2D eigenvalue weighted by molar-refractivity contribution is -0.870. The first-order valence-electron chi connectivity index (χ1n) is 26.7. The highest BCUT2D eigenvalue weighted by molar-refractivity contribution is 7.47. The molecular weight excluding hydrogens is 846 g/mol. The Labute approximate surface area is 406 Å². The van der Waals surface area contributed by atoms with Crippen molar-refractivity contribution >= 4 is 19.8 Å². The Balaban J connectivity index is 4.30. The molecule has 1 unspecified atom stereocenters. The number of esters is 2. The maximum atomic E-state index is 12.8. The summed E-state index contributed by atoms with van der Waals surface area (Å²) in [5.41, 5.74) is 0. The lowest BCUT2D eigenvalue weighted by atomic mass is 10.0. The van der Waals surface area contributed by atoms with Crippen molar-refractivity contribution in [3.05, 3.63) is 72.9 Å². The second kappa shape index (κ2) is 47.5. The van der Waals surface area contributed by atoms with Gasteiger partial charge in [-0.25, -0.2) is 4.57 Å². The van der Waals surface area contributed by atoms with Crippen LogP contribution >= 0.6 is 7.82 Å². The molecule has 0 rings (SSSR count). The number of ether oxygens (including phenoxy) is 2. The van der Waals surface area contributed by atoms with E-state index in [4.69, 9.17) is 18.5 Å². The van der Waals surface area contributed by atoms with Crippen LogP contribution in [0.25, 0.3) is 0 Å². The van der Waals surface area contributed by atoms with Crippen LogP contribution in [0.2, 0.25) is 0 Å². The molecule has 2 atom stereocenters. The third-order valence-electron chi connectivity index (χ3n) is 11.3. The molecule has 1 N–H and O–H groups in total. The molecule has 0 radical (unpaired) electrons. The smallest absolute Gasteiger partial charge is 0.462 e. The number of nitrogens with zero attached hydrogens (tertiary/aromatic N) is 1. The van der Waals surface area contributed by atoms with Gasteiger partial charge in [0.05, 0.1) is 27.7 Å². The van der Waals surface area contributed by atoms with E-state index in [1.807, 2.05) is 33.3 Å². The van der Waals surface area contributed by atoms with Gasteiger partial charge in [-0.2, -0.15) is 0 Å². The summed E-state index contributed by atoms with van der Waals surface area (Å²) < 4.78 is 34.4. The summed E-state index contributed by atoms with van der Waals surface area (Å²) in [5, 5.41) is 0. The van der Waals surface area contributed by atoms with Crippen molar-refractivity contribution in [2.45, 2.75) is 225 Å². The van der Waals surface area contributed by atoms with E-state index in [2.05, 4.69) is 74.6 Å². The number of allylic oxidation sites excluding steroid dienone is 12. The molecule has 382 valence electrons. The predicted octanol–water partition coefficient (Wildman–Crippen LogP) is 16.1. The summed E-state index contributed by atoms with van der Waals surface area (Å²) in [6, 6.07) is 0. The van der Waals surface area contributed by atoms with Crippen LogP contribution in [0.4, 0.5) is 0 Å². The maximum absolute atomic E-state index is 12.8. The molecule has 0 aromatic heterocycles. The summed E-state index contributed by atoms with van der Waals surface area (Å²) >= 11 is 0. The summed E-state index contributed by atoms with van der Waals surface area (Å²) in [4.78, 5) is 35.5. The minimum absolute atomic E-state index is 0.0187. The van der Waals surface area contributed by atoms with Crippen molar-refractivity contribution in [1.29, 1.82) is 0 Å². The average Bonchev–Trinajstić information content (AvgIpc) is 3.27. The third-order valence-corrected chi connectivity index (χ3v) is 12.2. The van der Waals surface area contributed by atoms with E-state index >= 15 is 0 Å². The van der Waals surface area contributed by atoms with Crippen LogP contribution in [0.3, 0.4) is 0 Å². The Bertz CT molecular complexity index is 1350. The Morgan fingerprint density at radius 3 is 1.26 bits per heavy atom. The number of carbonyl (C=O) groups is 2. The summed E-state index contributed by atoms with van der Waals surface area (Å²) in [5.74, 6) is -0.892. The van der Waals surface area contributed by atoms with E-state index in [-0.39, 0.29) is 26.1 Å². The first-order chi connectivity index (χ1) is 32.0. The lowest BCUT2D eigenvalue weighted by Crippen LogP contribution is -2.37. The zero-order valence-electron chi connectivity index (χ0n) is 43.2. The van der Waals surface area contributed by atoms with Gasteiger partial charge >= 0.3 is 19.8 Å². The van der Waals surface area contributed by atoms with Gasteiger partial charge in [-0.15, -0.1) is 0 Å². The van der Waals surface area contributed by atoms with E-state index < -0.39 is 32.5 Å². The molecule has 0 aliphatic rings. The number of phosphoric acid groups is 1. The first kappa shape index (κ1) is 63.5. The van der Waals surface area contributed by atoms with Crippen LogP contribution in [0.5, 0.6) is 0 Å². The molecule has 66 heavy (non-hydrogen) atoms. The van der Waals surface area contributed by atoms with Gasteiger partial charge in [0.15, 0.2) is 6.10 Å².